The molecule has 1 aromatic heterocycles. The molecule has 0 spiro atoms. The molecule has 1 heterocycles. The molecule has 0 aliphatic rings. The van der Waals surface area contributed by atoms with E-state index < -0.39 is 5.76 Å². The minimum Gasteiger partial charge on any atom is -0.323 e. The number of alkyl halides is 2. The molecule has 1 N–H and O–H groups in total. The standard InChI is InChI=1S/C10H6Cl2F2N4S/c11-7-16-8(12)18-10(17-7)15-5-3-1-2-4-6(5)19-9(13)14/h1-4,9H,(H,15,16,17,18). The molecule has 0 fully saturated rings. The molecule has 0 radical (unpaired) electrons. The third-order valence-electron chi connectivity index (χ3n) is 1.93. The Labute approximate surface area is 121 Å². The number of rotatable bonds is 4. The highest BCUT2D eigenvalue weighted by atomic mass is 35.5. The minimum atomic E-state index is -2.52. The van der Waals surface area contributed by atoms with Crippen molar-refractivity contribution in [2.75, 3.05) is 5.32 Å². The van der Waals surface area contributed by atoms with E-state index in [4.69, 9.17) is 23.2 Å². The number of para-hydroxylation sites is 1. The lowest BCUT2D eigenvalue weighted by atomic mass is 10.3. The highest BCUT2D eigenvalue weighted by Crippen LogP contribution is 2.32. The van der Waals surface area contributed by atoms with Gasteiger partial charge in [-0.2, -0.15) is 23.7 Å². The summed E-state index contributed by atoms with van der Waals surface area (Å²) in [6.45, 7) is 0. The first-order valence-electron chi connectivity index (χ1n) is 4.92. The van der Waals surface area contributed by atoms with Crippen molar-refractivity contribution < 1.29 is 8.78 Å². The molecule has 0 bridgehead atoms. The fraction of sp³-hybridized carbons (Fsp3) is 0.100. The van der Waals surface area contributed by atoms with E-state index in [2.05, 4.69) is 20.3 Å². The third-order valence-corrected chi connectivity index (χ3v) is 3.06. The zero-order chi connectivity index (χ0) is 13.8. The molecule has 0 aliphatic carbocycles. The highest BCUT2D eigenvalue weighted by Gasteiger charge is 2.11. The van der Waals surface area contributed by atoms with Crippen molar-refractivity contribution in [3.05, 3.63) is 34.8 Å². The first-order valence-corrected chi connectivity index (χ1v) is 6.56. The Bertz CT molecular complexity index is 565. The lowest BCUT2D eigenvalue weighted by Crippen LogP contribution is -2.00. The Hall–Kier alpha value is -1.18. The van der Waals surface area contributed by atoms with E-state index >= 15 is 0 Å². The topological polar surface area (TPSA) is 50.7 Å². The van der Waals surface area contributed by atoms with Crippen LogP contribution in [0, 0.1) is 0 Å². The number of hydrogen-bond donors (Lipinski definition) is 1. The molecule has 0 amide bonds. The summed E-state index contributed by atoms with van der Waals surface area (Å²) in [4.78, 5) is 11.6. The molecule has 0 saturated carbocycles. The maximum Gasteiger partial charge on any atom is 0.288 e. The number of nitrogens with zero attached hydrogens (tertiary/aromatic N) is 3. The molecule has 9 heteroatoms. The second-order valence-electron chi connectivity index (χ2n) is 3.20. The Morgan fingerprint density at radius 2 is 1.68 bits per heavy atom. The SMILES string of the molecule is FC(F)Sc1ccccc1Nc1nc(Cl)nc(Cl)n1. The van der Waals surface area contributed by atoms with Gasteiger partial charge in [0.1, 0.15) is 0 Å². The first kappa shape index (κ1) is 14.2. The molecule has 0 atom stereocenters. The van der Waals surface area contributed by atoms with E-state index in [1.54, 1.807) is 24.3 Å². The van der Waals surface area contributed by atoms with Gasteiger partial charge in [0, 0.05) is 4.90 Å². The first-order chi connectivity index (χ1) is 9.04. The third kappa shape index (κ3) is 4.15. The molecule has 2 rings (SSSR count). The van der Waals surface area contributed by atoms with Crippen molar-refractivity contribution in [2.45, 2.75) is 10.7 Å². The van der Waals surface area contributed by atoms with Crippen LogP contribution < -0.4 is 5.32 Å². The van der Waals surface area contributed by atoms with Crippen molar-refractivity contribution in [3.63, 3.8) is 0 Å². The zero-order valence-electron chi connectivity index (χ0n) is 9.15. The summed E-state index contributed by atoms with van der Waals surface area (Å²) < 4.78 is 24.8. The van der Waals surface area contributed by atoms with Crippen molar-refractivity contribution in [1.82, 2.24) is 15.0 Å². The summed E-state index contributed by atoms with van der Waals surface area (Å²) >= 11 is 11.7. The van der Waals surface area contributed by atoms with Gasteiger partial charge in [-0.3, -0.25) is 0 Å². The molecular weight excluding hydrogens is 317 g/mol. The number of benzene rings is 1. The molecular formula is C10H6Cl2F2N4S. The van der Waals surface area contributed by atoms with Crippen LogP contribution in [-0.4, -0.2) is 20.7 Å². The molecule has 4 nitrogen and oxygen atoms in total. The number of thioether (sulfide) groups is 1. The van der Waals surface area contributed by atoms with Gasteiger partial charge in [0.15, 0.2) is 0 Å². The van der Waals surface area contributed by atoms with Gasteiger partial charge >= 0.3 is 0 Å². The number of anilines is 2. The highest BCUT2D eigenvalue weighted by molar-refractivity contribution is 7.99. The van der Waals surface area contributed by atoms with Crippen LogP contribution in [0.4, 0.5) is 20.4 Å². The van der Waals surface area contributed by atoms with E-state index in [-0.39, 0.29) is 16.5 Å². The summed E-state index contributed by atoms with van der Waals surface area (Å²) in [5.74, 6) is -2.43. The van der Waals surface area contributed by atoms with E-state index in [1.807, 2.05) is 0 Å². The predicted molar refractivity (Wildman–Crippen MR) is 71.4 cm³/mol. The number of hydrogen-bond acceptors (Lipinski definition) is 5. The summed E-state index contributed by atoms with van der Waals surface area (Å²) in [5, 5.41) is 2.61. The number of halogens is 4. The normalized spacial score (nSPS) is 10.8. The van der Waals surface area contributed by atoms with E-state index in [1.165, 1.54) is 0 Å². The van der Waals surface area contributed by atoms with Gasteiger partial charge in [-0.15, -0.1) is 0 Å². The fourth-order valence-electron chi connectivity index (χ4n) is 1.27. The van der Waals surface area contributed by atoms with Crippen LogP contribution in [-0.2, 0) is 0 Å². The quantitative estimate of drug-likeness (QED) is 0.853. The van der Waals surface area contributed by atoms with Gasteiger partial charge in [-0.1, -0.05) is 23.9 Å². The molecule has 100 valence electrons. The predicted octanol–water partition coefficient (Wildman–Crippen LogP) is 4.24. The zero-order valence-corrected chi connectivity index (χ0v) is 11.5. The maximum absolute atomic E-state index is 12.4. The molecule has 0 saturated heterocycles. The molecule has 0 aliphatic heterocycles. The van der Waals surface area contributed by atoms with Gasteiger partial charge in [-0.05, 0) is 35.3 Å². The van der Waals surface area contributed by atoms with Crippen LogP contribution >= 0.6 is 35.0 Å². The van der Waals surface area contributed by atoms with E-state index in [0.717, 1.165) is 0 Å². The Morgan fingerprint density at radius 3 is 2.32 bits per heavy atom. The van der Waals surface area contributed by atoms with Gasteiger partial charge < -0.3 is 5.32 Å². The lowest BCUT2D eigenvalue weighted by molar-refractivity contribution is 0.252. The molecule has 0 unspecified atom stereocenters. The van der Waals surface area contributed by atoms with Crippen LogP contribution in [0.2, 0.25) is 10.6 Å². The Morgan fingerprint density at radius 1 is 1.05 bits per heavy atom. The summed E-state index contributed by atoms with van der Waals surface area (Å²) in [6.07, 6.45) is 0. The Kier molecular flexibility index (Phi) is 4.73. The van der Waals surface area contributed by atoms with Gasteiger partial charge in [0.2, 0.25) is 16.5 Å². The van der Waals surface area contributed by atoms with Gasteiger partial charge in [-0.25, -0.2) is 0 Å². The van der Waals surface area contributed by atoms with Crippen LogP contribution in [0.3, 0.4) is 0 Å². The van der Waals surface area contributed by atoms with E-state index in [9.17, 15) is 8.78 Å². The summed E-state index contributed by atoms with van der Waals surface area (Å²) in [6, 6.07) is 6.53. The monoisotopic (exact) mass is 322 g/mol. The summed E-state index contributed by atoms with van der Waals surface area (Å²) in [5.41, 5.74) is 0.436. The molecule has 19 heavy (non-hydrogen) atoms. The number of nitrogens with one attached hydrogen (secondary N) is 1. The van der Waals surface area contributed by atoms with Crippen molar-refractivity contribution in [1.29, 1.82) is 0 Å². The summed E-state index contributed by atoms with van der Waals surface area (Å²) in [7, 11) is 0. The lowest BCUT2D eigenvalue weighted by Gasteiger charge is -2.09. The van der Waals surface area contributed by atoms with Crippen molar-refractivity contribution >= 4 is 46.6 Å². The maximum atomic E-state index is 12.4. The second kappa shape index (κ2) is 6.31. The van der Waals surface area contributed by atoms with Crippen LogP contribution in [0.25, 0.3) is 0 Å². The minimum absolute atomic E-state index is 0.0820. The van der Waals surface area contributed by atoms with Crippen LogP contribution in [0.5, 0.6) is 0 Å². The van der Waals surface area contributed by atoms with Gasteiger partial charge in [0.25, 0.3) is 5.76 Å². The Balaban J connectivity index is 2.27. The molecule has 1 aromatic carbocycles. The van der Waals surface area contributed by atoms with Crippen LogP contribution in [0.1, 0.15) is 0 Å². The van der Waals surface area contributed by atoms with Crippen LogP contribution in [0.15, 0.2) is 29.2 Å². The average molecular weight is 323 g/mol. The second-order valence-corrected chi connectivity index (χ2v) is 4.90. The van der Waals surface area contributed by atoms with E-state index in [0.29, 0.717) is 22.3 Å². The molecule has 2 aromatic rings. The largest absolute Gasteiger partial charge is 0.323 e. The smallest absolute Gasteiger partial charge is 0.288 e. The van der Waals surface area contributed by atoms with Crippen molar-refractivity contribution in [2.24, 2.45) is 0 Å². The average Bonchev–Trinajstić information content (AvgIpc) is 2.29. The fourth-order valence-corrected chi connectivity index (χ4v) is 2.23. The number of aromatic nitrogens is 3. The van der Waals surface area contributed by atoms with Crippen molar-refractivity contribution in [3.8, 4) is 0 Å². The van der Waals surface area contributed by atoms with Gasteiger partial charge in [0.05, 0.1) is 5.69 Å².